The lowest BCUT2D eigenvalue weighted by Crippen LogP contribution is -2.45. The Morgan fingerprint density at radius 1 is 1.41 bits per heavy atom. The van der Waals surface area contributed by atoms with Gasteiger partial charge in [-0.1, -0.05) is 34.1 Å². The number of carbonyl (C=O) groups excluding carboxylic acids is 1. The topological polar surface area (TPSA) is 38.3 Å². The number of hydrogen-bond donors (Lipinski definition) is 1. The molecule has 0 saturated carbocycles. The van der Waals surface area contributed by atoms with Crippen molar-refractivity contribution in [3.05, 3.63) is 0 Å². The van der Waals surface area contributed by atoms with Gasteiger partial charge in [0.2, 0.25) is 5.91 Å². The molecule has 2 atom stereocenters. The lowest BCUT2D eigenvalue weighted by Gasteiger charge is -2.37. The predicted octanol–water partition coefficient (Wildman–Crippen LogP) is 3.07. The van der Waals surface area contributed by atoms with E-state index >= 15 is 0 Å². The van der Waals surface area contributed by atoms with Crippen molar-refractivity contribution >= 4 is 14.2 Å². The number of amides is 1. The maximum atomic E-state index is 11.9. The Morgan fingerprint density at radius 2 is 2.00 bits per heavy atom. The summed E-state index contributed by atoms with van der Waals surface area (Å²) in [4.78, 5) is 11.9. The number of carbonyl (C=O) groups is 1. The van der Waals surface area contributed by atoms with Crippen molar-refractivity contribution in [1.29, 1.82) is 0 Å². The summed E-state index contributed by atoms with van der Waals surface area (Å²) in [5.41, 5.74) is 0. The smallest absolute Gasteiger partial charge is 0.248 e. The van der Waals surface area contributed by atoms with Crippen molar-refractivity contribution in [1.82, 2.24) is 5.32 Å². The van der Waals surface area contributed by atoms with Gasteiger partial charge >= 0.3 is 0 Å². The molecule has 1 heterocycles. The lowest BCUT2D eigenvalue weighted by molar-refractivity contribution is -0.125. The number of nitrogens with one attached hydrogen (secondary N) is 1. The minimum Gasteiger partial charge on any atom is -0.405 e. The Hall–Kier alpha value is -0.353. The quantitative estimate of drug-likeness (QED) is 0.786. The van der Waals surface area contributed by atoms with E-state index in [2.05, 4.69) is 46.1 Å². The van der Waals surface area contributed by atoms with Crippen LogP contribution in [0.4, 0.5) is 0 Å². The average molecular weight is 257 g/mol. The molecule has 1 amide bonds. The van der Waals surface area contributed by atoms with E-state index in [9.17, 15) is 4.79 Å². The van der Waals surface area contributed by atoms with E-state index in [-0.39, 0.29) is 17.0 Å². The molecule has 1 aliphatic rings. The highest BCUT2D eigenvalue weighted by Gasteiger charge is 2.43. The molecule has 1 saturated heterocycles. The minimum atomic E-state index is -1.83. The summed E-state index contributed by atoms with van der Waals surface area (Å²) < 4.78 is 6.18. The maximum absolute atomic E-state index is 11.9. The largest absolute Gasteiger partial charge is 0.405 e. The van der Waals surface area contributed by atoms with Crippen LogP contribution in [0, 0.1) is 0 Å². The van der Waals surface area contributed by atoms with Crippen molar-refractivity contribution in [2.24, 2.45) is 0 Å². The van der Waals surface area contributed by atoms with Gasteiger partial charge in [-0.25, -0.2) is 0 Å². The second-order valence-electron chi connectivity index (χ2n) is 6.60. The first-order valence-corrected chi connectivity index (χ1v) is 9.56. The van der Waals surface area contributed by atoms with Crippen LogP contribution in [0.15, 0.2) is 0 Å². The van der Waals surface area contributed by atoms with Gasteiger partial charge in [-0.3, -0.25) is 4.79 Å². The van der Waals surface area contributed by atoms with Gasteiger partial charge in [0.25, 0.3) is 0 Å². The Kier molecular flexibility index (Phi) is 4.41. The van der Waals surface area contributed by atoms with Gasteiger partial charge in [0, 0.05) is 12.5 Å². The first kappa shape index (κ1) is 14.7. The minimum absolute atomic E-state index is 0.0910. The van der Waals surface area contributed by atoms with E-state index in [1.807, 2.05) is 0 Å². The SMILES string of the molecule is CCCC1CC(O[Si](C)(C)C(C)(C)C)C(=O)N1. The van der Waals surface area contributed by atoms with E-state index in [1.165, 1.54) is 0 Å². The normalized spacial score (nSPS) is 26.1. The summed E-state index contributed by atoms with van der Waals surface area (Å²) in [6, 6.07) is 0.322. The molecule has 0 radical (unpaired) electrons. The summed E-state index contributed by atoms with van der Waals surface area (Å²) in [7, 11) is -1.83. The zero-order chi connectivity index (χ0) is 13.3. The zero-order valence-electron chi connectivity index (χ0n) is 12.1. The number of rotatable bonds is 4. The molecule has 0 spiro atoms. The molecule has 17 heavy (non-hydrogen) atoms. The van der Waals surface area contributed by atoms with Gasteiger partial charge < -0.3 is 9.74 Å². The fourth-order valence-corrected chi connectivity index (χ4v) is 3.16. The fraction of sp³-hybridized carbons (Fsp3) is 0.923. The molecule has 4 heteroatoms. The van der Waals surface area contributed by atoms with Crippen LogP contribution < -0.4 is 5.32 Å². The second kappa shape index (κ2) is 5.10. The molecule has 1 aliphatic heterocycles. The van der Waals surface area contributed by atoms with E-state index in [0.717, 1.165) is 19.3 Å². The molecule has 1 N–H and O–H groups in total. The molecule has 1 fully saturated rings. The molecule has 2 unspecified atom stereocenters. The standard InChI is InChI=1S/C13H27NO2Si/c1-7-8-10-9-11(12(15)14-10)16-17(5,6)13(2,3)4/h10-11H,7-9H2,1-6H3,(H,14,15). The van der Waals surface area contributed by atoms with E-state index < -0.39 is 8.32 Å². The van der Waals surface area contributed by atoms with Gasteiger partial charge in [-0.2, -0.15) is 0 Å². The Morgan fingerprint density at radius 3 is 2.47 bits per heavy atom. The van der Waals surface area contributed by atoms with Gasteiger partial charge in [0.15, 0.2) is 8.32 Å². The van der Waals surface area contributed by atoms with E-state index in [1.54, 1.807) is 0 Å². The molecule has 3 nitrogen and oxygen atoms in total. The monoisotopic (exact) mass is 257 g/mol. The first-order valence-electron chi connectivity index (χ1n) is 6.65. The van der Waals surface area contributed by atoms with E-state index in [0.29, 0.717) is 6.04 Å². The maximum Gasteiger partial charge on any atom is 0.248 e. The highest BCUT2D eigenvalue weighted by molar-refractivity contribution is 6.74. The van der Waals surface area contributed by atoms with Crippen LogP contribution in [0.3, 0.4) is 0 Å². The van der Waals surface area contributed by atoms with Crippen LogP contribution in [-0.4, -0.2) is 26.4 Å². The third-order valence-corrected chi connectivity index (χ3v) is 8.50. The molecule has 0 bridgehead atoms. The molecule has 0 aliphatic carbocycles. The van der Waals surface area contributed by atoms with Gasteiger partial charge in [0.1, 0.15) is 6.10 Å². The number of hydrogen-bond acceptors (Lipinski definition) is 2. The summed E-state index contributed by atoms with van der Waals surface area (Å²) in [6.45, 7) is 13.2. The first-order chi connectivity index (χ1) is 7.67. The van der Waals surface area contributed by atoms with Crippen LogP contribution in [0.1, 0.15) is 47.0 Å². The third-order valence-electron chi connectivity index (χ3n) is 4.02. The summed E-state index contributed by atoms with van der Waals surface area (Å²) in [5, 5.41) is 3.20. The highest BCUT2D eigenvalue weighted by atomic mass is 28.4. The molecule has 0 aromatic carbocycles. The zero-order valence-corrected chi connectivity index (χ0v) is 13.1. The predicted molar refractivity (Wildman–Crippen MR) is 73.5 cm³/mol. The molecule has 100 valence electrons. The molecule has 0 aromatic rings. The van der Waals surface area contributed by atoms with Crippen molar-refractivity contribution < 1.29 is 9.22 Å². The second-order valence-corrected chi connectivity index (χ2v) is 11.4. The third kappa shape index (κ3) is 3.55. The highest BCUT2D eigenvalue weighted by Crippen LogP contribution is 2.38. The van der Waals surface area contributed by atoms with Gasteiger partial charge in [-0.05, 0) is 24.6 Å². The van der Waals surface area contributed by atoms with Crippen LogP contribution >= 0.6 is 0 Å². The van der Waals surface area contributed by atoms with Crippen LogP contribution in [-0.2, 0) is 9.22 Å². The molecular weight excluding hydrogens is 230 g/mol. The molecule has 0 aromatic heterocycles. The van der Waals surface area contributed by atoms with Crippen molar-refractivity contribution in [3.8, 4) is 0 Å². The van der Waals surface area contributed by atoms with Crippen LogP contribution in [0.2, 0.25) is 18.1 Å². The Bertz CT molecular complexity index is 284. The Balaban J connectivity index is 2.61. The van der Waals surface area contributed by atoms with Crippen molar-refractivity contribution in [3.63, 3.8) is 0 Å². The lowest BCUT2D eigenvalue weighted by atomic mass is 10.1. The summed E-state index contributed by atoms with van der Waals surface area (Å²) in [6.07, 6.45) is 2.80. The van der Waals surface area contributed by atoms with E-state index in [4.69, 9.17) is 4.43 Å². The average Bonchev–Trinajstić information content (AvgIpc) is 2.44. The fourth-order valence-electron chi connectivity index (χ4n) is 1.89. The summed E-state index contributed by atoms with van der Waals surface area (Å²) in [5.74, 6) is 0.0910. The van der Waals surface area contributed by atoms with Crippen molar-refractivity contribution in [2.45, 2.75) is 77.2 Å². The van der Waals surface area contributed by atoms with Gasteiger partial charge in [0.05, 0.1) is 0 Å². The molecule has 1 rings (SSSR count). The van der Waals surface area contributed by atoms with Crippen LogP contribution in [0.25, 0.3) is 0 Å². The van der Waals surface area contributed by atoms with Crippen LogP contribution in [0.5, 0.6) is 0 Å². The van der Waals surface area contributed by atoms with Gasteiger partial charge in [-0.15, -0.1) is 0 Å². The van der Waals surface area contributed by atoms with Crippen molar-refractivity contribution in [2.75, 3.05) is 0 Å². The summed E-state index contributed by atoms with van der Waals surface area (Å²) >= 11 is 0. The molecular formula is C13H27NO2Si. The Labute approximate surface area is 106 Å².